The number of hydrogen-bond donors (Lipinski definition) is 1. The van der Waals surface area contributed by atoms with Gasteiger partial charge in [-0.05, 0) is 43.2 Å². The minimum Gasteiger partial charge on any atom is -0.452 e. The van der Waals surface area contributed by atoms with E-state index in [0.717, 1.165) is 36.1 Å². The first kappa shape index (κ1) is 20.8. The molecule has 3 aliphatic rings. The van der Waals surface area contributed by atoms with Crippen LogP contribution in [0.2, 0.25) is 0 Å². The summed E-state index contributed by atoms with van der Waals surface area (Å²) in [5, 5.41) is 4.85. The first-order chi connectivity index (χ1) is 14.4. The van der Waals surface area contributed by atoms with Gasteiger partial charge in [0.1, 0.15) is 5.54 Å². The van der Waals surface area contributed by atoms with Gasteiger partial charge in [-0.25, -0.2) is 4.79 Å². The van der Waals surface area contributed by atoms with Gasteiger partial charge in [0.25, 0.3) is 11.8 Å². The molecule has 3 heterocycles. The van der Waals surface area contributed by atoms with Gasteiger partial charge in [0.2, 0.25) is 0 Å². The molecule has 162 valence electrons. The molecule has 1 saturated heterocycles. The molecule has 1 aromatic heterocycles. The van der Waals surface area contributed by atoms with Gasteiger partial charge < -0.3 is 15.0 Å². The number of imide groups is 1. The van der Waals surface area contributed by atoms with E-state index in [1.165, 1.54) is 4.88 Å². The van der Waals surface area contributed by atoms with Crippen LogP contribution in [0.5, 0.6) is 0 Å². The van der Waals surface area contributed by atoms with Gasteiger partial charge in [0.15, 0.2) is 6.10 Å². The van der Waals surface area contributed by atoms with Crippen LogP contribution in [0.15, 0.2) is 11.4 Å². The number of fused-ring (bicyclic) bond motifs is 1. The summed E-state index contributed by atoms with van der Waals surface area (Å²) in [5.41, 5.74) is 0.352. The van der Waals surface area contributed by atoms with Crippen LogP contribution < -0.4 is 5.32 Å². The Morgan fingerprint density at radius 1 is 1.27 bits per heavy atom. The van der Waals surface area contributed by atoms with E-state index in [4.69, 9.17) is 4.74 Å². The van der Waals surface area contributed by atoms with Crippen LogP contribution in [0, 0.1) is 0 Å². The second-order valence-electron chi connectivity index (χ2n) is 8.29. The third kappa shape index (κ3) is 3.95. The Kier molecular flexibility index (Phi) is 5.81. The molecule has 1 atom stereocenters. The SMILES string of the molecule is CC(OC(=O)CCN1C(=O)NC2(CCCCC2)C1=O)C(=O)N1CCc2sccc2C1. The molecule has 0 radical (unpaired) electrons. The number of esters is 1. The Bertz CT molecular complexity index is 861. The van der Waals surface area contributed by atoms with Gasteiger partial charge in [-0.3, -0.25) is 19.3 Å². The maximum atomic E-state index is 12.8. The van der Waals surface area contributed by atoms with Crippen LogP contribution in [0.4, 0.5) is 4.79 Å². The molecule has 1 aromatic rings. The summed E-state index contributed by atoms with van der Waals surface area (Å²) in [4.78, 5) is 54.1. The third-order valence-corrected chi connectivity index (χ3v) is 7.29. The molecule has 4 rings (SSSR count). The Labute approximate surface area is 179 Å². The van der Waals surface area contributed by atoms with E-state index >= 15 is 0 Å². The lowest BCUT2D eigenvalue weighted by atomic mass is 9.82. The fraction of sp³-hybridized carbons (Fsp3) is 0.619. The summed E-state index contributed by atoms with van der Waals surface area (Å²) in [6.45, 7) is 2.67. The molecular weight excluding hydrogens is 406 g/mol. The van der Waals surface area contributed by atoms with E-state index in [1.54, 1.807) is 23.2 Å². The molecule has 0 bridgehead atoms. The van der Waals surface area contributed by atoms with Crippen molar-refractivity contribution in [3.63, 3.8) is 0 Å². The zero-order valence-corrected chi connectivity index (χ0v) is 18.0. The molecule has 4 amide bonds. The fourth-order valence-electron chi connectivity index (χ4n) is 4.58. The second kappa shape index (κ2) is 8.37. The van der Waals surface area contributed by atoms with Gasteiger partial charge in [0, 0.05) is 24.5 Å². The molecule has 1 unspecified atom stereocenters. The number of thiophene rings is 1. The molecule has 1 saturated carbocycles. The minimum absolute atomic E-state index is 0.0336. The van der Waals surface area contributed by atoms with Gasteiger partial charge in [-0.2, -0.15) is 0 Å². The maximum Gasteiger partial charge on any atom is 0.325 e. The molecule has 0 aromatic carbocycles. The van der Waals surface area contributed by atoms with Crippen molar-refractivity contribution in [1.29, 1.82) is 0 Å². The van der Waals surface area contributed by atoms with Crippen molar-refractivity contribution in [1.82, 2.24) is 15.1 Å². The van der Waals surface area contributed by atoms with E-state index in [2.05, 4.69) is 5.32 Å². The summed E-state index contributed by atoms with van der Waals surface area (Å²) in [7, 11) is 0. The van der Waals surface area contributed by atoms with Gasteiger partial charge in [-0.15, -0.1) is 11.3 Å². The summed E-state index contributed by atoms with van der Waals surface area (Å²) in [6.07, 6.45) is 3.96. The van der Waals surface area contributed by atoms with Crippen molar-refractivity contribution >= 4 is 35.2 Å². The largest absolute Gasteiger partial charge is 0.452 e. The summed E-state index contributed by atoms with van der Waals surface area (Å²) in [6, 6.07) is 1.58. The highest BCUT2D eigenvalue weighted by Crippen LogP contribution is 2.33. The highest BCUT2D eigenvalue weighted by atomic mass is 32.1. The number of ether oxygens (including phenoxy) is 1. The van der Waals surface area contributed by atoms with E-state index in [-0.39, 0.29) is 24.8 Å². The van der Waals surface area contributed by atoms with E-state index in [9.17, 15) is 19.2 Å². The van der Waals surface area contributed by atoms with Crippen molar-refractivity contribution in [3.8, 4) is 0 Å². The van der Waals surface area contributed by atoms with E-state index in [0.29, 0.717) is 25.9 Å². The predicted molar refractivity (Wildman–Crippen MR) is 110 cm³/mol. The summed E-state index contributed by atoms with van der Waals surface area (Å²) in [5.74, 6) is -1.06. The molecule has 1 N–H and O–H groups in total. The quantitative estimate of drug-likeness (QED) is 0.567. The normalized spacial score (nSPS) is 21.4. The number of nitrogens with one attached hydrogen (secondary N) is 1. The van der Waals surface area contributed by atoms with Gasteiger partial charge >= 0.3 is 12.0 Å². The molecule has 8 nitrogen and oxygen atoms in total. The lowest BCUT2D eigenvalue weighted by Crippen LogP contribution is -2.48. The summed E-state index contributed by atoms with van der Waals surface area (Å²) >= 11 is 1.70. The molecule has 9 heteroatoms. The number of amides is 4. The van der Waals surface area contributed by atoms with Crippen molar-refractivity contribution in [2.24, 2.45) is 0 Å². The van der Waals surface area contributed by atoms with Crippen LogP contribution in [0.25, 0.3) is 0 Å². The average molecular weight is 434 g/mol. The Morgan fingerprint density at radius 3 is 2.80 bits per heavy atom. The van der Waals surface area contributed by atoms with Gasteiger partial charge in [0.05, 0.1) is 6.42 Å². The highest BCUT2D eigenvalue weighted by Gasteiger charge is 2.51. The van der Waals surface area contributed by atoms with E-state index in [1.807, 2.05) is 11.4 Å². The number of carbonyl (C=O) groups excluding carboxylic acids is 4. The number of hydrogen-bond acceptors (Lipinski definition) is 6. The Morgan fingerprint density at radius 2 is 2.03 bits per heavy atom. The van der Waals surface area contributed by atoms with Crippen LogP contribution in [0.3, 0.4) is 0 Å². The molecule has 30 heavy (non-hydrogen) atoms. The van der Waals surface area contributed by atoms with Crippen LogP contribution in [0.1, 0.15) is 55.9 Å². The highest BCUT2D eigenvalue weighted by molar-refractivity contribution is 7.10. The van der Waals surface area contributed by atoms with Crippen LogP contribution in [-0.4, -0.2) is 58.3 Å². The average Bonchev–Trinajstić information content (AvgIpc) is 3.29. The Hall–Kier alpha value is -2.42. The topological polar surface area (TPSA) is 96.0 Å². The van der Waals surface area contributed by atoms with Gasteiger partial charge in [-0.1, -0.05) is 19.3 Å². The standard InChI is InChI=1S/C21H27N3O5S/c1-14(18(26)23-10-5-16-15(13-23)7-12-30-16)29-17(25)6-11-24-19(27)21(22-20(24)28)8-3-2-4-9-21/h7,12,14H,2-6,8-11,13H2,1H3,(H,22,28). The summed E-state index contributed by atoms with van der Waals surface area (Å²) < 4.78 is 5.30. The van der Waals surface area contributed by atoms with E-state index < -0.39 is 23.6 Å². The molecule has 1 spiro atoms. The molecule has 2 fully saturated rings. The number of urea groups is 1. The fourth-order valence-corrected chi connectivity index (χ4v) is 5.47. The number of carbonyl (C=O) groups is 4. The van der Waals surface area contributed by atoms with Crippen molar-refractivity contribution in [2.75, 3.05) is 13.1 Å². The first-order valence-electron chi connectivity index (χ1n) is 10.6. The Balaban J connectivity index is 1.27. The van der Waals surface area contributed by atoms with Crippen molar-refractivity contribution < 1.29 is 23.9 Å². The lowest BCUT2D eigenvalue weighted by Gasteiger charge is -2.30. The number of nitrogens with zero attached hydrogens (tertiary/aromatic N) is 2. The van der Waals surface area contributed by atoms with Crippen LogP contribution in [-0.2, 0) is 32.1 Å². The van der Waals surface area contributed by atoms with Crippen molar-refractivity contribution in [3.05, 3.63) is 21.9 Å². The molecular formula is C21H27N3O5S. The smallest absolute Gasteiger partial charge is 0.325 e. The minimum atomic E-state index is -0.898. The number of rotatable bonds is 5. The molecule has 2 aliphatic heterocycles. The second-order valence-corrected chi connectivity index (χ2v) is 9.29. The zero-order valence-electron chi connectivity index (χ0n) is 17.1. The zero-order chi connectivity index (χ0) is 21.3. The lowest BCUT2D eigenvalue weighted by molar-refractivity contribution is -0.159. The maximum absolute atomic E-state index is 12.8. The first-order valence-corrected chi connectivity index (χ1v) is 11.5. The monoisotopic (exact) mass is 433 g/mol. The third-order valence-electron chi connectivity index (χ3n) is 6.27. The predicted octanol–water partition coefficient (Wildman–Crippen LogP) is 2.21. The van der Waals surface area contributed by atoms with Crippen LogP contribution >= 0.6 is 11.3 Å². The van der Waals surface area contributed by atoms with Crippen molar-refractivity contribution in [2.45, 2.75) is 70.1 Å². The molecule has 1 aliphatic carbocycles.